The minimum atomic E-state index is 0.00193. The summed E-state index contributed by atoms with van der Waals surface area (Å²) in [5.74, 6) is 0.530. The Balaban J connectivity index is 2.56. The van der Waals surface area contributed by atoms with Crippen molar-refractivity contribution in [2.24, 2.45) is 0 Å². The Hall–Kier alpha value is -1.83. The van der Waals surface area contributed by atoms with Crippen molar-refractivity contribution in [1.82, 2.24) is 0 Å². The van der Waals surface area contributed by atoms with Gasteiger partial charge in [-0.25, -0.2) is 0 Å². The molecule has 0 aliphatic carbocycles. The molecule has 2 nitrogen and oxygen atoms in total. The molecule has 0 aromatic heterocycles. The first-order chi connectivity index (χ1) is 8.02. The molecule has 0 amide bonds. The number of Topliss-reactive ketones (excluding diaryl/α,β-unsaturated/α-hetero) is 1. The molecule has 0 saturated heterocycles. The number of allylic oxidation sites excluding steroid dienone is 1. The number of ketones is 1. The van der Waals surface area contributed by atoms with Crippen molar-refractivity contribution in [2.45, 2.75) is 20.8 Å². The molecule has 1 aromatic carbocycles. The van der Waals surface area contributed by atoms with E-state index in [0.29, 0.717) is 5.76 Å². The monoisotopic (exact) mass is 230 g/mol. The highest BCUT2D eigenvalue weighted by molar-refractivity contribution is 5.96. The summed E-state index contributed by atoms with van der Waals surface area (Å²) in [5, 5.41) is 0. The fourth-order valence-corrected chi connectivity index (χ4v) is 1.25. The van der Waals surface area contributed by atoms with E-state index in [4.69, 9.17) is 4.74 Å². The van der Waals surface area contributed by atoms with Crippen LogP contribution in [0.1, 0.15) is 26.3 Å². The molecular formula is C15H18O2. The molecule has 0 N–H and O–H groups in total. The van der Waals surface area contributed by atoms with E-state index in [0.717, 1.165) is 16.7 Å². The van der Waals surface area contributed by atoms with Gasteiger partial charge in [0, 0.05) is 5.56 Å². The van der Waals surface area contributed by atoms with Gasteiger partial charge in [0.2, 0.25) is 0 Å². The van der Waals surface area contributed by atoms with E-state index in [-0.39, 0.29) is 12.4 Å². The maximum atomic E-state index is 11.7. The highest BCUT2D eigenvalue weighted by atomic mass is 16.5. The molecule has 0 unspecified atom stereocenters. The summed E-state index contributed by atoms with van der Waals surface area (Å²) in [5.41, 5.74) is 2.67. The standard InChI is InChI=1S/C15H18O2/c1-11(2)12(3)15(16)10-17-13(4)14-8-6-5-7-9-14/h5-9H,4,10H2,1-3H3. The summed E-state index contributed by atoms with van der Waals surface area (Å²) in [6.45, 7) is 9.50. The Morgan fingerprint density at radius 2 is 1.76 bits per heavy atom. The van der Waals surface area contributed by atoms with E-state index in [9.17, 15) is 4.79 Å². The lowest BCUT2D eigenvalue weighted by molar-refractivity contribution is -0.118. The van der Waals surface area contributed by atoms with Crippen LogP contribution in [0.25, 0.3) is 5.76 Å². The molecule has 0 aliphatic heterocycles. The zero-order chi connectivity index (χ0) is 12.8. The zero-order valence-electron chi connectivity index (χ0n) is 10.6. The molecule has 0 bridgehead atoms. The van der Waals surface area contributed by atoms with Crippen molar-refractivity contribution >= 4 is 11.5 Å². The van der Waals surface area contributed by atoms with Crippen LogP contribution in [0.2, 0.25) is 0 Å². The number of hydrogen-bond acceptors (Lipinski definition) is 2. The Labute approximate surface area is 103 Å². The van der Waals surface area contributed by atoms with Crippen LogP contribution in [0.5, 0.6) is 0 Å². The fourth-order valence-electron chi connectivity index (χ4n) is 1.25. The molecule has 0 spiro atoms. The first-order valence-electron chi connectivity index (χ1n) is 5.56. The fraction of sp³-hybridized carbons (Fsp3) is 0.267. The predicted octanol–water partition coefficient (Wildman–Crippen LogP) is 3.60. The first kappa shape index (κ1) is 13.2. The third-order valence-corrected chi connectivity index (χ3v) is 2.64. The lowest BCUT2D eigenvalue weighted by Gasteiger charge is -2.09. The molecule has 0 atom stereocenters. The highest BCUT2D eigenvalue weighted by Gasteiger charge is 2.08. The van der Waals surface area contributed by atoms with Gasteiger partial charge in [-0.05, 0) is 26.3 Å². The Morgan fingerprint density at radius 1 is 1.18 bits per heavy atom. The number of carbonyl (C=O) groups is 1. The van der Waals surface area contributed by atoms with Crippen molar-refractivity contribution in [1.29, 1.82) is 0 Å². The second kappa shape index (κ2) is 6.04. The first-order valence-corrected chi connectivity index (χ1v) is 5.56. The summed E-state index contributed by atoms with van der Waals surface area (Å²) in [6, 6.07) is 9.55. The van der Waals surface area contributed by atoms with Crippen LogP contribution >= 0.6 is 0 Å². The molecule has 1 aromatic rings. The summed E-state index contributed by atoms with van der Waals surface area (Å²) >= 11 is 0. The second-order valence-corrected chi connectivity index (χ2v) is 4.13. The predicted molar refractivity (Wildman–Crippen MR) is 70.5 cm³/mol. The lowest BCUT2D eigenvalue weighted by Crippen LogP contribution is -2.10. The number of hydrogen-bond donors (Lipinski definition) is 0. The zero-order valence-corrected chi connectivity index (χ0v) is 10.6. The van der Waals surface area contributed by atoms with Crippen LogP contribution in [0.15, 0.2) is 48.1 Å². The molecule has 0 saturated carbocycles. The molecular weight excluding hydrogens is 212 g/mol. The van der Waals surface area contributed by atoms with Gasteiger partial charge < -0.3 is 4.74 Å². The molecule has 0 fully saturated rings. The van der Waals surface area contributed by atoms with E-state index < -0.39 is 0 Å². The smallest absolute Gasteiger partial charge is 0.195 e. The summed E-state index contributed by atoms with van der Waals surface area (Å²) in [4.78, 5) is 11.7. The van der Waals surface area contributed by atoms with Gasteiger partial charge in [0.25, 0.3) is 0 Å². The normalized spacial score (nSPS) is 9.59. The largest absolute Gasteiger partial charge is 0.485 e. The molecule has 90 valence electrons. The van der Waals surface area contributed by atoms with Gasteiger partial charge in [-0.3, -0.25) is 4.79 Å². The van der Waals surface area contributed by atoms with E-state index in [2.05, 4.69) is 6.58 Å². The highest BCUT2D eigenvalue weighted by Crippen LogP contribution is 2.13. The van der Waals surface area contributed by atoms with Gasteiger partial charge in [0.15, 0.2) is 12.4 Å². The van der Waals surface area contributed by atoms with Gasteiger partial charge in [-0.15, -0.1) is 0 Å². The van der Waals surface area contributed by atoms with Gasteiger partial charge in [-0.2, -0.15) is 0 Å². The number of benzene rings is 1. The van der Waals surface area contributed by atoms with Crippen molar-refractivity contribution < 1.29 is 9.53 Å². The third kappa shape index (κ3) is 3.91. The second-order valence-electron chi connectivity index (χ2n) is 4.13. The van der Waals surface area contributed by atoms with Crippen LogP contribution in [0.4, 0.5) is 0 Å². The average molecular weight is 230 g/mol. The summed E-state index contributed by atoms with van der Waals surface area (Å²) in [6.07, 6.45) is 0. The minimum Gasteiger partial charge on any atom is -0.485 e. The van der Waals surface area contributed by atoms with Gasteiger partial charge in [0.1, 0.15) is 5.76 Å². The number of ether oxygens (including phenoxy) is 1. The van der Waals surface area contributed by atoms with Crippen LogP contribution in [0, 0.1) is 0 Å². The molecule has 0 radical (unpaired) electrons. The Bertz CT molecular complexity index is 437. The van der Waals surface area contributed by atoms with Gasteiger partial charge in [0.05, 0.1) is 0 Å². The molecule has 2 heteroatoms. The van der Waals surface area contributed by atoms with Crippen LogP contribution in [-0.4, -0.2) is 12.4 Å². The molecule has 0 aliphatic rings. The average Bonchev–Trinajstić information content (AvgIpc) is 2.35. The van der Waals surface area contributed by atoms with Crippen LogP contribution in [-0.2, 0) is 9.53 Å². The minimum absolute atomic E-state index is 0.00193. The van der Waals surface area contributed by atoms with Crippen molar-refractivity contribution in [3.05, 3.63) is 53.6 Å². The van der Waals surface area contributed by atoms with Crippen LogP contribution < -0.4 is 0 Å². The maximum Gasteiger partial charge on any atom is 0.195 e. The van der Waals surface area contributed by atoms with Crippen molar-refractivity contribution in [3.63, 3.8) is 0 Å². The summed E-state index contributed by atoms with van der Waals surface area (Å²) < 4.78 is 5.38. The van der Waals surface area contributed by atoms with E-state index >= 15 is 0 Å². The van der Waals surface area contributed by atoms with Crippen LogP contribution in [0.3, 0.4) is 0 Å². The third-order valence-electron chi connectivity index (χ3n) is 2.64. The van der Waals surface area contributed by atoms with Crippen molar-refractivity contribution in [3.8, 4) is 0 Å². The summed E-state index contributed by atoms with van der Waals surface area (Å²) in [7, 11) is 0. The lowest BCUT2D eigenvalue weighted by atomic mass is 10.1. The van der Waals surface area contributed by atoms with Crippen molar-refractivity contribution in [2.75, 3.05) is 6.61 Å². The molecule has 1 rings (SSSR count). The molecule has 17 heavy (non-hydrogen) atoms. The number of rotatable bonds is 5. The topological polar surface area (TPSA) is 26.3 Å². The maximum absolute atomic E-state index is 11.7. The van der Waals surface area contributed by atoms with E-state index in [1.807, 2.05) is 51.1 Å². The molecule has 0 heterocycles. The SMILES string of the molecule is C=C(OCC(=O)C(C)=C(C)C)c1ccccc1. The van der Waals surface area contributed by atoms with Gasteiger partial charge in [-0.1, -0.05) is 42.5 Å². The Morgan fingerprint density at radius 3 is 2.29 bits per heavy atom. The van der Waals surface area contributed by atoms with Gasteiger partial charge >= 0.3 is 0 Å². The quantitative estimate of drug-likeness (QED) is 0.570. The number of carbonyl (C=O) groups excluding carboxylic acids is 1. The van der Waals surface area contributed by atoms with E-state index in [1.165, 1.54) is 0 Å². The van der Waals surface area contributed by atoms with E-state index in [1.54, 1.807) is 0 Å². The Kier molecular flexibility index (Phi) is 4.70.